The van der Waals surface area contributed by atoms with Gasteiger partial charge in [0.15, 0.2) is 5.82 Å². The van der Waals surface area contributed by atoms with Gasteiger partial charge in [0, 0.05) is 25.8 Å². The molecule has 30 heavy (non-hydrogen) atoms. The van der Waals surface area contributed by atoms with Gasteiger partial charge in [0.1, 0.15) is 0 Å². The number of aromatic nitrogens is 2. The van der Waals surface area contributed by atoms with Gasteiger partial charge in [0.05, 0.1) is 18.7 Å². The lowest BCUT2D eigenvalue weighted by Gasteiger charge is -2.16. The molecule has 0 bridgehead atoms. The van der Waals surface area contributed by atoms with E-state index in [9.17, 15) is 9.59 Å². The van der Waals surface area contributed by atoms with E-state index in [1.807, 2.05) is 19.1 Å². The maximum absolute atomic E-state index is 12.2. The molecule has 162 valence electrons. The lowest BCUT2D eigenvalue weighted by Crippen LogP contribution is -2.36. The molecule has 1 aromatic carbocycles. The number of guanidine groups is 1. The highest BCUT2D eigenvalue weighted by molar-refractivity contribution is 5.78. The Morgan fingerprint density at radius 1 is 1.27 bits per heavy atom. The monoisotopic (exact) mass is 415 g/mol. The Bertz CT molecular complexity index is 925. The molecule has 0 aliphatic rings. The highest BCUT2D eigenvalue weighted by Crippen LogP contribution is 2.06. The Morgan fingerprint density at radius 2 is 1.97 bits per heavy atom. The van der Waals surface area contributed by atoms with Crippen LogP contribution in [0.4, 0.5) is 5.82 Å². The van der Waals surface area contributed by atoms with Gasteiger partial charge in [-0.3, -0.25) is 19.8 Å². The van der Waals surface area contributed by atoms with Crippen LogP contribution in [-0.2, 0) is 22.5 Å². The van der Waals surface area contributed by atoms with Gasteiger partial charge in [-0.1, -0.05) is 29.8 Å². The van der Waals surface area contributed by atoms with Crippen molar-refractivity contribution in [2.75, 3.05) is 32.1 Å². The van der Waals surface area contributed by atoms with Gasteiger partial charge in [-0.05, 0) is 25.8 Å². The van der Waals surface area contributed by atoms with Crippen LogP contribution < -0.4 is 21.9 Å². The summed E-state index contributed by atoms with van der Waals surface area (Å²) in [6.45, 7) is 4.71. The van der Waals surface area contributed by atoms with Gasteiger partial charge in [-0.25, -0.2) is 10.0 Å². The summed E-state index contributed by atoms with van der Waals surface area (Å²) in [5.74, 6) is -0.281. The number of rotatable bonds is 10. The van der Waals surface area contributed by atoms with Crippen LogP contribution in [0, 0.1) is 19.3 Å². The normalized spacial score (nSPS) is 10.5. The summed E-state index contributed by atoms with van der Waals surface area (Å²) in [5.41, 5.74) is 8.33. The Morgan fingerprint density at radius 3 is 2.63 bits per heavy atom. The number of anilines is 1. The molecule has 0 fully saturated rings. The maximum atomic E-state index is 12.2. The average molecular weight is 415 g/mol. The summed E-state index contributed by atoms with van der Waals surface area (Å²) in [6, 6.07) is 8.20. The number of nitrogens with one attached hydrogen (secondary N) is 4. The highest BCUT2D eigenvalue weighted by atomic mass is 16.7. The number of nitrogens with two attached hydrogens (primary N) is 1. The first-order valence-electron chi connectivity index (χ1n) is 9.63. The summed E-state index contributed by atoms with van der Waals surface area (Å²) in [7, 11) is 1.51. The molecule has 0 aliphatic heterocycles. The van der Waals surface area contributed by atoms with Gasteiger partial charge in [0.2, 0.25) is 11.9 Å². The molecule has 0 unspecified atom stereocenters. The Balaban J connectivity index is 1.87. The minimum absolute atomic E-state index is 0.0256. The lowest BCUT2D eigenvalue weighted by atomic mass is 10.1. The van der Waals surface area contributed by atoms with Crippen molar-refractivity contribution >= 4 is 17.7 Å². The fourth-order valence-electron chi connectivity index (χ4n) is 2.60. The van der Waals surface area contributed by atoms with Crippen molar-refractivity contribution in [2.24, 2.45) is 5.73 Å². The van der Waals surface area contributed by atoms with Gasteiger partial charge in [-0.15, -0.1) is 0 Å². The van der Waals surface area contributed by atoms with E-state index in [-0.39, 0.29) is 42.8 Å². The largest absolute Gasteiger partial charge is 0.368 e. The van der Waals surface area contributed by atoms with Crippen LogP contribution in [-0.4, -0.2) is 53.6 Å². The number of nitrogens with zero attached hydrogens (tertiary/aromatic N) is 2. The van der Waals surface area contributed by atoms with Crippen molar-refractivity contribution in [1.82, 2.24) is 20.3 Å². The highest BCUT2D eigenvalue weighted by Gasteiger charge is 2.12. The van der Waals surface area contributed by atoms with E-state index in [1.54, 1.807) is 6.92 Å². The van der Waals surface area contributed by atoms with E-state index in [0.29, 0.717) is 17.9 Å². The first kappa shape index (κ1) is 22.9. The summed E-state index contributed by atoms with van der Waals surface area (Å²) in [4.78, 5) is 36.5. The molecule has 1 aromatic heterocycles. The zero-order chi connectivity index (χ0) is 22.1. The molecule has 0 aliphatic carbocycles. The third-order valence-electron chi connectivity index (χ3n) is 4.40. The zero-order valence-corrected chi connectivity index (χ0v) is 17.5. The van der Waals surface area contributed by atoms with E-state index in [4.69, 9.17) is 16.0 Å². The topological polar surface area (TPSA) is 149 Å². The number of H-pyrrole nitrogens is 1. The van der Waals surface area contributed by atoms with Crippen molar-refractivity contribution in [3.05, 3.63) is 57.1 Å². The number of aromatic amines is 1. The summed E-state index contributed by atoms with van der Waals surface area (Å²) < 4.78 is 0. The zero-order valence-electron chi connectivity index (χ0n) is 17.5. The molecule has 2 rings (SSSR count). The minimum Gasteiger partial charge on any atom is -0.368 e. The second-order valence-electron chi connectivity index (χ2n) is 6.89. The minimum atomic E-state index is -0.318. The number of carbonyl (C=O) groups excluding carboxylic acids is 1. The predicted molar refractivity (Wildman–Crippen MR) is 115 cm³/mol. The standard InChI is InChI=1S/C20H29N7O3/c1-13-4-6-15(7-5-13)8-9-24-18-19(29)25-14(2)16(26-18)12-17(28)23-10-11-30-27(3)20(21)22/h4-7H,8-12H2,1-3H3,(H3,21,22)(H,23,28)(H,24,26)(H,25,29). The average Bonchev–Trinajstić information content (AvgIpc) is 2.69. The SMILES string of the molecule is Cc1ccc(CCNc2nc(CC(=O)NCCON(C)C(=N)N)c(C)[nH]c2=O)cc1. The van der Waals surface area contributed by atoms with Gasteiger partial charge >= 0.3 is 0 Å². The van der Waals surface area contributed by atoms with Crippen LogP contribution in [0.2, 0.25) is 0 Å². The van der Waals surface area contributed by atoms with Crippen LogP contribution in [0.3, 0.4) is 0 Å². The van der Waals surface area contributed by atoms with Crippen LogP contribution in [0.25, 0.3) is 0 Å². The maximum Gasteiger partial charge on any atom is 0.290 e. The van der Waals surface area contributed by atoms with E-state index in [0.717, 1.165) is 17.0 Å². The molecular weight excluding hydrogens is 386 g/mol. The molecule has 0 saturated heterocycles. The molecule has 0 radical (unpaired) electrons. The second kappa shape index (κ2) is 11.0. The van der Waals surface area contributed by atoms with E-state index >= 15 is 0 Å². The number of hydroxylamine groups is 2. The molecule has 10 heteroatoms. The number of benzene rings is 1. The first-order chi connectivity index (χ1) is 14.3. The molecular formula is C20H29N7O3. The first-order valence-corrected chi connectivity index (χ1v) is 9.63. The van der Waals surface area contributed by atoms with Crippen LogP contribution in [0.1, 0.15) is 22.5 Å². The third kappa shape index (κ3) is 7.21. The van der Waals surface area contributed by atoms with Crippen LogP contribution in [0.15, 0.2) is 29.1 Å². The van der Waals surface area contributed by atoms with E-state index in [1.165, 1.54) is 12.6 Å². The summed E-state index contributed by atoms with van der Waals surface area (Å²) in [5, 5.41) is 14.0. The Labute approximate surface area is 175 Å². The van der Waals surface area contributed by atoms with Crippen molar-refractivity contribution < 1.29 is 9.63 Å². The molecule has 1 amide bonds. The molecule has 0 spiro atoms. The molecule has 1 heterocycles. The van der Waals surface area contributed by atoms with Crippen molar-refractivity contribution in [3.8, 4) is 0 Å². The van der Waals surface area contributed by atoms with E-state index in [2.05, 4.69) is 32.7 Å². The Hall–Kier alpha value is -3.40. The summed E-state index contributed by atoms with van der Waals surface area (Å²) >= 11 is 0. The number of hydrogen-bond acceptors (Lipinski definition) is 6. The smallest absolute Gasteiger partial charge is 0.290 e. The van der Waals surface area contributed by atoms with Gasteiger partial charge in [-0.2, -0.15) is 0 Å². The van der Waals surface area contributed by atoms with E-state index < -0.39 is 0 Å². The van der Waals surface area contributed by atoms with Crippen molar-refractivity contribution in [3.63, 3.8) is 0 Å². The fourth-order valence-corrected chi connectivity index (χ4v) is 2.60. The van der Waals surface area contributed by atoms with Gasteiger partial charge < -0.3 is 21.4 Å². The molecule has 2 aromatic rings. The van der Waals surface area contributed by atoms with Gasteiger partial charge in [0.25, 0.3) is 5.56 Å². The summed E-state index contributed by atoms with van der Waals surface area (Å²) in [6.07, 6.45) is 0.775. The number of hydrogen-bond donors (Lipinski definition) is 5. The molecule has 0 saturated carbocycles. The van der Waals surface area contributed by atoms with Crippen LogP contribution in [0.5, 0.6) is 0 Å². The van der Waals surface area contributed by atoms with Crippen LogP contribution >= 0.6 is 0 Å². The third-order valence-corrected chi connectivity index (χ3v) is 4.40. The lowest BCUT2D eigenvalue weighted by molar-refractivity contribution is -0.122. The van der Waals surface area contributed by atoms with Crippen molar-refractivity contribution in [1.29, 1.82) is 5.41 Å². The quantitative estimate of drug-likeness (QED) is 0.164. The molecule has 6 N–H and O–H groups in total. The molecule has 10 nitrogen and oxygen atoms in total. The number of amides is 1. The number of carbonyl (C=O) groups is 1. The molecule has 0 atom stereocenters. The number of aryl methyl sites for hydroxylation is 2. The predicted octanol–water partition coefficient (Wildman–Crippen LogP) is 0.457. The Kier molecular flexibility index (Phi) is 8.36. The van der Waals surface area contributed by atoms with Crippen molar-refractivity contribution in [2.45, 2.75) is 26.7 Å². The second-order valence-corrected chi connectivity index (χ2v) is 6.89. The fraction of sp³-hybridized carbons (Fsp3) is 0.400.